The van der Waals surface area contributed by atoms with Crippen LogP contribution in [0.2, 0.25) is 5.02 Å². The van der Waals surface area contributed by atoms with E-state index in [1.54, 1.807) is 6.07 Å². The summed E-state index contributed by atoms with van der Waals surface area (Å²) >= 11 is 6.08. The first-order valence-corrected chi connectivity index (χ1v) is 5.78. The Morgan fingerprint density at radius 3 is 2.69 bits per heavy atom. The van der Waals surface area contributed by atoms with Gasteiger partial charge in [-0.05, 0) is 24.6 Å². The Morgan fingerprint density at radius 1 is 1.50 bits per heavy atom. The second-order valence-electron chi connectivity index (χ2n) is 5.01. The average molecular weight is 241 g/mol. The van der Waals surface area contributed by atoms with E-state index in [1.807, 2.05) is 26.0 Å². The van der Waals surface area contributed by atoms with E-state index >= 15 is 0 Å². The van der Waals surface area contributed by atoms with Gasteiger partial charge in [-0.3, -0.25) is 0 Å². The van der Waals surface area contributed by atoms with E-state index in [-0.39, 0.29) is 17.6 Å². The molecule has 0 radical (unpaired) electrons. The van der Waals surface area contributed by atoms with E-state index in [9.17, 15) is 5.11 Å². The van der Waals surface area contributed by atoms with Crippen LogP contribution in [-0.4, -0.2) is 17.3 Å². The summed E-state index contributed by atoms with van der Waals surface area (Å²) in [5.41, 5.74) is 7.05. The maximum atomic E-state index is 9.64. The van der Waals surface area contributed by atoms with Crippen LogP contribution in [0, 0.1) is 5.41 Å². The summed E-state index contributed by atoms with van der Waals surface area (Å²) in [6.07, 6.45) is 0.519. The van der Waals surface area contributed by atoms with Crippen molar-refractivity contribution >= 4 is 23.0 Å². The van der Waals surface area contributed by atoms with Gasteiger partial charge in [0.15, 0.2) is 0 Å². The summed E-state index contributed by atoms with van der Waals surface area (Å²) in [6, 6.07) is 5.67. The maximum Gasteiger partial charge on any atom is 0.0658 e. The Bertz CT molecular complexity index is 406. The van der Waals surface area contributed by atoms with Crippen molar-refractivity contribution in [2.75, 3.05) is 11.1 Å². The van der Waals surface area contributed by atoms with Crippen LogP contribution in [0.25, 0.3) is 0 Å². The number of aliphatic hydroxyl groups is 1. The number of nitrogen functional groups attached to an aromatic ring is 1. The number of aliphatic hydroxyl groups excluding tert-OH is 1. The van der Waals surface area contributed by atoms with Gasteiger partial charge in [-0.1, -0.05) is 25.4 Å². The normalized spacial score (nSPS) is 27.2. The third-order valence-corrected chi connectivity index (χ3v) is 3.85. The molecule has 1 fully saturated rings. The highest BCUT2D eigenvalue weighted by molar-refractivity contribution is 6.33. The van der Waals surface area contributed by atoms with Crippen molar-refractivity contribution in [3.63, 3.8) is 0 Å². The fraction of sp³-hybridized carbons (Fsp3) is 0.500. The molecule has 1 aliphatic rings. The topological polar surface area (TPSA) is 58.3 Å². The zero-order chi connectivity index (χ0) is 11.9. The fourth-order valence-electron chi connectivity index (χ4n) is 1.98. The summed E-state index contributed by atoms with van der Waals surface area (Å²) < 4.78 is 0. The minimum Gasteiger partial charge on any atom is -0.399 e. The number of hydrogen-bond donors (Lipinski definition) is 3. The van der Waals surface area contributed by atoms with Gasteiger partial charge in [0.2, 0.25) is 0 Å². The van der Waals surface area contributed by atoms with Crippen LogP contribution in [0.15, 0.2) is 18.2 Å². The number of hydrogen-bond acceptors (Lipinski definition) is 3. The van der Waals surface area contributed by atoms with Crippen LogP contribution in [0.4, 0.5) is 11.4 Å². The van der Waals surface area contributed by atoms with E-state index < -0.39 is 0 Å². The lowest BCUT2D eigenvalue weighted by molar-refractivity contribution is -0.0510. The molecule has 0 amide bonds. The van der Waals surface area contributed by atoms with E-state index in [2.05, 4.69) is 5.32 Å². The first-order valence-electron chi connectivity index (χ1n) is 5.41. The Morgan fingerprint density at radius 2 is 2.19 bits per heavy atom. The Hall–Kier alpha value is -0.930. The van der Waals surface area contributed by atoms with Gasteiger partial charge in [0.1, 0.15) is 0 Å². The standard InChI is InChI=1S/C12H17ClN2O/c1-12(2)10(6-11(12)16)15-9-4-3-7(14)5-8(9)13/h3-5,10-11,15-16H,6,14H2,1-2H3. The first kappa shape index (κ1) is 11.6. The zero-order valence-electron chi connectivity index (χ0n) is 9.50. The molecule has 3 nitrogen and oxygen atoms in total. The fourth-order valence-corrected chi connectivity index (χ4v) is 2.23. The zero-order valence-corrected chi connectivity index (χ0v) is 10.3. The minimum atomic E-state index is -0.238. The van der Waals surface area contributed by atoms with Crippen molar-refractivity contribution in [3.05, 3.63) is 23.2 Å². The summed E-state index contributed by atoms with van der Waals surface area (Å²) in [6.45, 7) is 4.09. The van der Waals surface area contributed by atoms with E-state index in [0.29, 0.717) is 10.7 Å². The number of nitrogens with one attached hydrogen (secondary N) is 1. The second-order valence-corrected chi connectivity index (χ2v) is 5.42. The molecule has 4 N–H and O–H groups in total. The lowest BCUT2D eigenvalue weighted by Gasteiger charge is -2.50. The molecule has 0 aromatic heterocycles. The molecule has 16 heavy (non-hydrogen) atoms. The lowest BCUT2D eigenvalue weighted by Crippen LogP contribution is -2.56. The number of rotatable bonds is 2. The Balaban J connectivity index is 2.11. The summed E-state index contributed by atoms with van der Waals surface area (Å²) in [5.74, 6) is 0. The van der Waals surface area contributed by atoms with Gasteiger partial charge in [-0.25, -0.2) is 0 Å². The molecule has 1 aromatic carbocycles. The number of anilines is 2. The highest BCUT2D eigenvalue weighted by atomic mass is 35.5. The van der Waals surface area contributed by atoms with E-state index in [0.717, 1.165) is 12.1 Å². The van der Waals surface area contributed by atoms with E-state index in [4.69, 9.17) is 17.3 Å². The van der Waals surface area contributed by atoms with Crippen molar-refractivity contribution in [1.29, 1.82) is 0 Å². The molecule has 2 unspecified atom stereocenters. The molecule has 0 aliphatic heterocycles. The maximum absolute atomic E-state index is 9.64. The molecule has 1 aromatic rings. The predicted molar refractivity (Wildman–Crippen MR) is 67.7 cm³/mol. The summed E-state index contributed by atoms with van der Waals surface area (Å²) in [5, 5.41) is 13.6. The molecule has 2 rings (SSSR count). The van der Waals surface area contributed by atoms with Crippen molar-refractivity contribution < 1.29 is 5.11 Å². The predicted octanol–water partition coefficient (Wildman–Crippen LogP) is 2.49. The average Bonchev–Trinajstić information content (AvgIpc) is 2.21. The molecule has 0 bridgehead atoms. The van der Waals surface area contributed by atoms with Gasteiger partial charge >= 0.3 is 0 Å². The van der Waals surface area contributed by atoms with E-state index in [1.165, 1.54) is 0 Å². The molecule has 2 atom stereocenters. The molecule has 0 heterocycles. The summed E-state index contributed by atoms with van der Waals surface area (Å²) in [4.78, 5) is 0. The molecular formula is C12H17ClN2O. The molecule has 4 heteroatoms. The van der Waals surface area contributed by atoms with Gasteiger partial charge in [-0.2, -0.15) is 0 Å². The van der Waals surface area contributed by atoms with Gasteiger partial charge < -0.3 is 16.2 Å². The van der Waals surface area contributed by atoms with Gasteiger partial charge in [-0.15, -0.1) is 0 Å². The van der Waals surface area contributed by atoms with Crippen LogP contribution in [-0.2, 0) is 0 Å². The van der Waals surface area contributed by atoms with Crippen LogP contribution in [0.3, 0.4) is 0 Å². The molecule has 1 aliphatic carbocycles. The Labute approximate surface area is 101 Å². The van der Waals surface area contributed by atoms with Crippen LogP contribution in [0.5, 0.6) is 0 Å². The molecular weight excluding hydrogens is 224 g/mol. The number of benzene rings is 1. The van der Waals surface area contributed by atoms with Crippen molar-refractivity contribution in [2.45, 2.75) is 32.4 Å². The number of halogens is 1. The third kappa shape index (κ3) is 1.85. The second kappa shape index (κ2) is 3.82. The first-order chi connectivity index (χ1) is 7.41. The van der Waals surface area contributed by atoms with Crippen molar-refractivity contribution in [3.8, 4) is 0 Å². The van der Waals surface area contributed by atoms with Crippen LogP contribution >= 0.6 is 11.6 Å². The molecule has 0 saturated heterocycles. The summed E-state index contributed by atoms with van der Waals surface area (Å²) in [7, 11) is 0. The minimum absolute atomic E-state index is 0.106. The monoisotopic (exact) mass is 240 g/mol. The molecule has 0 spiro atoms. The molecule has 88 valence electrons. The van der Waals surface area contributed by atoms with Crippen molar-refractivity contribution in [1.82, 2.24) is 0 Å². The Kier molecular flexibility index (Phi) is 2.76. The SMILES string of the molecule is CC1(C)C(O)CC1Nc1ccc(N)cc1Cl. The van der Waals surface area contributed by atoms with Crippen LogP contribution in [0.1, 0.15) is 20.3 Å². The highest BCUT2D eigenvalue weighted by Gasteiger charge is 2.47. The molecule has 1 saturated carbocycles. The highest BCUT2D eigenvalue weighted by Crippen LogP contribution is 2.43. The van der Waals surface area contributed by atoms with Gasteiger partial charge in [0, 0.05) is 17.1 Å². The largest absolute Gasteiger partial charge is 0.399 e. The smallest absolute Gasteiger partial charge is 0.0658 e. The third-order valence-electron chi connectivity index (χ3n) is 3.54. The quantitative estimate of drug-likeness (QED) is 0.697. The van der Waals surface area contributed by atoms with Gasteiger partial charge in [0.05, 0.1) is 16.8 Å². The van der Waals surface area contributed by atoms with Gasteiger partial charge in [0.25, 0.3) is 0 Å². The van der Waals surface area contributed by atoms with Crippen molar-refractivity contribution in [2.24, 2.45) is 5.41 Å². The number of nitrogens with two attached hydrogens (primary N) is 1. The van der Waals surface area contributed by atoms with Crippen LogP contribution < -0.4 is 11.1 Å². The lowest BCUT2D eigenvalue weighted by atomic mass is 9.64.